The molecule has 1 saturated heterocycles. The van der Waals surface area contributed by atoms with E-state index in [1.807, 2.05) is 60.7 Å². The molecule has 0 spiro atoms. The number of aliphatic hydroxyl groups excluding tert-OH is 1. The van der Waals surface area contributed by atoms with E-state index in [1.165, 1.54) is 59.4 Å². The van der Waals surface area contributed by atoms with Crippen molar-refractivity contribution in [2.45, 2.75) is 22.7 Å². The van der Waals surface area contributed by atoms with E-state index < -0.39 is 29.3 Å². The second-order valence-electron chi connectivity index (χ2n) is 9.99. The Bertz CT molecular complexity index is 1860. The van der Waals surface area contributed by atoms with Crippen molar-refractivity contribution in [3.05, 3.63) is 137 Å². The van der Waals surface area contributed by atoms with Crippen LogP contribution in [0.25, 0.3) is 5.76 Å². The van der Waals surface area contributed by atoms with Crippen LogP contribution in [0.2, 0.25) is 0 Å². The number of halogens is 1. The number of carbonyl (C=O) groups is 2. The first-order chi connectivity index (χ1) is 21.9. The zero-order valence-corrected chi connectivity index (χ0v) is 25.6. The molecular formula is C34H26FN3O5S2. The summed E-state index contributed by atoms with van der Waals surface area (Å²) in [5.74, 6) is -1.25. The van der Waals surface area contributed by atoms with E-state index in [0.717, 1.165) is 11.1 Å². The molecule has 0 saturated carbocycles. The highest BCUT2D eigenvalue weighted by molar-refractivity contribution is 8.00. The second-order valence-corrected chi connectivity index (χ2v) is 12.2. The number of ether oxygens (including phenoxy) is 2. The maximum Gasteiger partial charge on any atom is 0.301 e. The fraction of sp³-hybridized carbons (Fsp3) is 0.118. The summed E-state index contributed by atoms with van der Waals surface area (Å²) in [6, 6.07) is 28.5. The lowest BCUT2D eigenvalue weighted by atomic mass is 9.95. The SMILES string of the molecule is COc1cc(C2/C(=C(/O)c3ccc(F)cc3)C(=O)C(=O)N2c2nnc(SCc3ccccc3)s2)ccc1OCc1ccccc1. The van der Waals surface area contributed by atoms with Crippen LogP contribution in [0.15, 0.2) is 113 Å². The van der Waals surface area contributed by atoms with E-state index in [0.29, 0.717) is 33.8 Å². The highest BCUT2D eigenvalue weighted by Crippen LogP contribution is 2.45. The van der Waals surface area contributed by atoms with Crippen LogP contribution in [-0.4, -0.2) is 34.1 Å². The summed E-state index contributed by atoms with van der Waals surface area (Å²) in [5.41, 5.74) is 2.55. The molecule has 1 atom stereocenters. The first kappa shape index (κ1) is 30.0. The first-order valence-corrected chi connectivity index (χ1v) is 15.6. The number of aliphatic hydroxyl groups is 1. The molecule has 5 aromatic rings. The number of carbonyl (C=O) groups excluding carboxylic acids is 2. The van der Waals surface area contributed by atoms with Gasteiger partial charge in [-0.25, -0.2) is 4.39 Å². The zero-order valence-electron chi connectivity index (χ0n) is 23.9. The first-order valence-electron chi connectivity index (χ1n) is 13.8. The number of thioether (sulfide) groups is 1. The van der Waals surface area contributed by atoms with E-state index in [9.17, 15) is 19.1 Å². The van der Waals surface area contributed by atoms with E-state index in [-0.39, 0.29) is 16.3 Å². The van der Waals surface area contributed by atoms with Crippen LogP contribution in [0, 0.1) is 5.82 Å². The van der Waals surface area contributed by atoms with Gasteiger partial charge in [-0.05, 0) is 53.1 Å². The molecule has 8 nitrogen and oxygen atoms in total. The van der Waals surface area contributed by atoms with Gasteiger partial charge in [0.1, 0.15) is 18.2 Å². The van der Waals surface area contributed by atoms with Crippen molar-refractivity contribution in [2.24, 2.45) is 0 Å². The third-order valence-corrected chi connectivity index (χ3v) is 9.24. The van der Waals surface area contributed by atoms with Crippen LogP contribution in [0.1, 0.15) is 28.3 Å². The van der Waals surface area contributed by atoms with Crippen molar-refractivity contribution in [3.8, 4) is 11.5 Å². The number of anilines is 1. The van der Waals surface area contributed by atoms with Crippen LogP contribution < -0.4 is 14.4 Å². The summed E-state index contributed by atoms with van der Waals surface area (Å²) in [4.78, 5) is 28.4. The number of hydrogen-bond donors (Lipinski definition) is 1. The molecule has 45 heavy (non-hydrogen) atoms. The molecule has 226 valence electrons. The molecule has 2 heterocycles. The average molecular weight is 640 g/mol. The Morgan fingerprint density at radius 1 is 0.911 bits per heavy atom. The zero-order chi connectivity index (χ0) is 31.3. The van der Waals surface area contributed by atoms with Crippen molar-refractivity contribution >= 4 is 45.7 Å². The Labute approximate surface area is 266 Å². The minimum absolute atomic E-state index is 0.166. The second kappa shape index (κ2) is 13.3. The number of methoxy groups -OCH3 is 1. The van der Waals surface area contributed by atoms with Crippen LogP contribution in [0.5, 0.6) is 11.5 Å². The van der Waals surface area contributed by atoms with E-state index in [1.54, 1.807) is 18.2 Å². The number of rotatable bonds is 10. The lowest BCUT2D eigenvalue weighted by molar-refractivity contribution is -0.132. The highest BCUT2D eigenvalue weighted by Gasteiger charge is 2.48. The summed E-state index contributed by atoms with van der Waals surface area (Å²) in [6.45, 7) is 0.299. The maximum atomic E-state index is 13.7. The summed E-state index contributed by atoms with van der Waals surface area (Å²) in [5, 5.41) is 20.1. The highest BCUT2D eigenvalue weighted by atomic mass is 32.2. The summed E-state index contributed by atoms with van der Waals surface area (Å²) >= 11 is 2.63. The van der Waals surface area contributed by atoms with Gasteiger partial charge in [-0.3, -0.25) is 14.5 Å². The molecule has 1 N–H and O–H groups in total. The Hall–Kier alpha value is -5.00. The fourth-order valence-corrected chi connectivity index (χ4v) is 6.72. The number of Topliss-reactive ketones (excluding diaryl/α,β-unsaturated/α-hetero) is 1. The predicted molar refractivity (Wildman–Crippen MR) is 171 cm³/mol. The number of aromatic nitrogens is 2. The number of amides is 1. The molecule has 1 unspecified atom stereocenters. The minimum atomic E-state index is -1.08. The molecule has 1 amide bonds. The Morgan fingerprint density at radius 3 is 2.29 bits per heavy atom. The van der Waals surface area contributed by atoms with Crippen LogP contribution in [0.3, 0.4) is 0 Å². The van der Waals surface area contributed by atoms with Gasteiger partial charge < -0.3 is 14.6 Å². The van der Waals surface area contributed by atoms with Gasteiger partial charge in [0, 0.05) is 11.3 Å². The summed E-state index contributed by atoms with van der Waals surface area (Å²) < 4.78 is 25.9. The smallest absolute Gasteiger partial charge is 0.301 e. The largest absolute Gasteiger partial charge is 0.507 e. The lowest BCUT2D eigenvalue weighted by Gasteiger charge is -2.23. The van der Waals surface area contributed by atoms with Gasteiger partial charge in [-0.15, -0.1) is 10.2 Å². The normalized spacial score (nSPS) is 15.8. The number of nitrogens with zero attached hydrogens (tertiary/aromatic N) is 3. The van der Waals surface area contributed by atoms with Gasteiger partial charge in [0.2, 0.25) is 5.13 Å². The molecule has 0 aliphatic carbocycles. The Morgan fingerprint density at radius 2 is 1.60 bits per heavy atom. The molecule has 1 aliphatic rings. The quantitative estimate of drug-likeness (QED) is 0.0564. The third kappa shape index (κ3) is 6.45. The molecule has 0 bridgehead atoms. The van der Waals surface area contributed by atoms with E-state index >= 15 is 0 Å². The molecule has 1 fully saturated rings. The standard InChI is InChI=1S/C34H26FN3O5S2/c1-42-27-18-24(14-17-26(27)43-19-21-8-4-2-5-9-21)29-28(30(39)23-12-15-25(35)16-13-23)31(40)32(41)38(29)33-36-37-34(45-33)44-20-22-10-6-3-7-11-22/h2-18,29,39H,19-20H2,1H3/b30-28-. The molecule has 0 radical (unpaired) electrons. The van der Waals surface area contributed by atoms with Crippen molar-refractivity contribution < 1.29 is 28.6 Å². The van der Waals surface area contributed by atoms with Crippen molar-refractivity contribution in [2.75, 3.05) is 12.0 Å². The molecule has 1 aromatic heterocycles. The third-order valence-electron chi connectivity index (χ3n) is 7.11. The van der Waals surface area contributed by atoms with Crippen molar-refractivity contribution in [3.63, 3.8) is 0 Å². The van der Waals surface area contributed by atoms with Crippen LogP contribution in [0.4, 0.5) is 9.52 Å². The molecule has 6 rings (SSSR count). The summed E-state index contributed by atoms with van der Waals surface area (Å²) in [6.07, 6.45) is 0. The molecule has 1 aliphatic heterocycles. The maximum absolute atomic E-state index is 13.7. The Kier molecular flexibility index (Phi) is 8.90. The number of ketones is 1. The van der Waals surface area contributed by atoms with E-state index in [2.05, 4.69) is 10.2 Å². The number of benzene rings is 4. The van der Waals surface area contributed by atoms with Gasteiger partial charge >= 0.3 is 5.91 Å². The lowest BCUT2D eigenvalue weighted by Crippen LogP contribution is -2.29. The topological polar surface area (TPSA) is 102 Å². The van der Waals surface area contributed by atoms with Crippen molar-refractivity contribution in [1.29, 1.82) is 0 Å². The van der Waals surface area contributed by atoms with Gasteiger partial charge in [0.05, 0.1) is 18.7 Å². The molecular weight excluding hydrogens is 614 g/mol. The fourth-order valence-electron chi connectivity index (χ4n) is 4.89. The van der Waals surface area contributed by atoms with Gasteiger partial charge in [0.25, 0.3) is 5.78 Å². The minimum Gasteiger partial charge on any atom is -0.507 e. The van der Waals surface area contributed by atoms with Gasteiger partial charge in [-0.2, -0.15) is 0 Å². The van der Waals surface area contributed by atoms with Crippen molar-refractivity contribution in [1.82, 2.24) is 10.2 Å². The Balaban J connectivity index is 1.38. The molecule has 4 aromatic carbocycles. The molecule has 11 heteroatoms. The van der Waals surface area contributed by atoms with Gasteiger partial charge in [-0.1, -0.05) is 89.8 Å². The van der Waals surface area contributed by atoms with Crippen LogP contribution in [-0.2, 0) is 21.9 Å². The van der Waals surface area contributed by atoms with Gasteiger partial charge in [0.15, 0.2) is 15.8 Å². The van der Waals surface area contributed by atoms with Crippen LogP contribution >= 0.6 is 23.1 Å². The summed E-state index contributed by atoms with van der Waals surface area (Å²) in [7, 11) is 1.49. The van der Waals surface area contributed by atoms with E-state index in [4.69, 9.17) is 9.47 Å². The average Bonchev–Trinajstić information content (AvgIpc) is 3.65. The number of hydrogen-bond acceptors (Lipinski definition) is 9. The monoisotopic (exact) mass is 639 g/mol. The predicted octanol–water partition coefficient (Wildman–Crippen LogP) is 7.18.